The van der Waals surface area contributed by atoms with Gasteiger partial charge in [0.1, 0.15) is 11.6 Å². The highest BCUT2D eigenvalue weighted by molar-refractivity contribution is 6.09. The number of rotatable bonds is 3. The molecule has 0 amide bonds. The standard InChI is InChI=1S/C19H13F5O3/c1-2-27-17(25)18(26,19(22,23)24)15-5-3-4-11-12(15)6-7-13-14(11)8-10(20)9-16(13)21/h3-9,26H,2H2,1H3. The average Bonchev–Trinajstić information content (AvgIpc) is 2.59. The molecule has 0 radical (unpaired) electrons. The van der Waals surface area contributed by atoms with Gasteiger partial charge in [-0.1, -0.05) is 30.3 Å². The van der Waals surface area contributed by atoms with Crippen LogP contribution in [0.15, 0.2) is 42.5 Å². The first-order valence-electron chi connectivity index (χ1n) is 7.88. The summed E-state index contributed by atoms with van der Waals surface area (Å²) in [6.45, 7) is 0.929. The first-order valence-corrected chi connectivity index (χ1v) is 7.88. The lowest BCUT2D eigenvalue weighted by molar-refractivity contribution is -0.267. The molecule has 0 saturated heterocycles. The quantitative estimate of drug-likeness (QED) is 0.408. The molecule has 3 rings (SSSR count). The second kappa shape index (κ2) is 6.45. The first-order chi connectivity index (χ1) is 12.6. The van der Waals surface area contributed by atoms with Crippen LogP contribution in [0.25, 0.3) is 21.5 Å². The summed E-state index contributed by atoms with van der Waals surface area (Å²) in [7, 11) is 0. The molecule has 0 saturated carbocycles. The van der Waals surface area contributed by atoms with Crippen LogP contribution >= 0.6 is 0 Å². The van der Waals surface area contributed by atoms with Crippen molar-refractivity contribution in [2.24, 2.45) is 0 Å². The number of benzene rings is 3. The largest absolute Gasteiger partial charge is 0.463 e. The zero-order chi connectivity index (χ0) is 20.0. The normalized spacial score (nSPS) is 14.3. The van der Waals surface area contributed by atoms with Crippen LogP contribution in [-0.4, -0.2) is 23.9 Å². The van der Waals surface area contributed by atoms with Gasteiger partial charge in [0, 0.05) is 17.0 Å². The Kier molecular flexibility index (Phi) is 4.55. The van der Waals surface area contributed by atoms with Crippen molar-refractivity contribution in [1.29, 1.82) is 0 Å². The molecule has 0 aliphatic heterocycles. The molecule has 1 unspecified atom stereocenters. The molecule has 0 aliphatic carbocycles. The van der Waals surface area contributed by atoms with E-state index < -0.39 is 34.9 Å². The molecule has 0 aliphatic rings. The number of hydrogen-bond acceptors (Lipinski definition) is 3. The summed E-state index contributed by atoms with van der Waals surface area (Å²) < 4.78 is 73.0. The van der Waals surface area contributed by atoms with E-state index in [9.17, 15) is 31.9 Å². The lowest BCUT2D eigenvalue weighted by Gasteiger charge is -2.29. The van der Waals surface area contributed by atoms with Gasteiger partial charge in [-0.2, -0.15) is 13.2 Å². The van der Waals surface area contributed by atoms with E-state index in [4.69, 9.17) is 0 Å². The molecule has 3 aromatic rings. The van der Waals surface area contributed by atoms with Crippen molar-refractivity contribution in [1.82, 2.24) is 0 Å². The second-order valence-corrected chi connectivity index (χ2v) is 5.88. The smallest absolute Gasteiger partial charge is 0.432 e. The molecule has 0 aromatic heterocycles. The van der Waals surface area contributed by atoms with E-state index in [2.05, 4.69) is 4.74 Å². The van der Waals surface area contributed by atoms with Crippen molar-refractivity contribution in [2.45, 2.75) is 18.7 Å². The van der Waals surface area contributed by atoms with Gasteiger partial charge in [0.2, 0.25) is 0 Å². The van der Waals surface area contributed by atoms with Crippen LogP contribution in [0, 0.1) is 11.6 Å². The van der Waals surface area contributed by atoms with Gasteiger partial charge in [-0.05, 0) is 29.1 Å². The Morgan fingerprint density at radius 1 is 1.00 bits per heavy atom. The number of aliphatic hydroxyl groups is 1. The zero-order valence-corrected chi connectivity index (χ0v) is 13.9. The predicted molar refractivity (Wildman–Crippen MR) is 88.0 cm³/mol. The summed E-state index contributed by atoms with van der Waals surface area (Å²) in [6.07, 6.45) is -5.38. The van der Waals surface area contributed by atoms with E-state index in [1.165, 1.54) is 13.0 Å². The maximum absolute atomic E-state index is 14.0. The third kappa shape index (κ3) is 2.90. The summed E-state index contributed by atoms with van der Waals surface area (Å²) in [6, 6.07) is 7.37. The first kappa shape index (κ1) is 19.0. The number of fused-ring (bicyclic) bond motifs is 3. The topological polar surface area (TPSA) is 46.5 Å². The van der Waals surface area contributed by atoms with E-state index in [-0.39, 0.29) is 28.2 Å². The number of carbonyl (C=O) groups is 1. The summed E-state index contributed by atoms with van der Waals surface area (Å²) in [4.78, 5) is 12.0. The van der Waals surface area contributed by atoms with Crippen LogP contribution in [-0.2, 0) is 15.1 Å². The lowest BCUT2D eigenvalue weighted by atomic mass is 9.87. The number of halogens is 5. The molecular weight excluding hydrogens is 371 g/mol. The highest BCUT2D eigenvalue weighted by Gasteiger charge is 2.62. The minimum absolute atomic E-state index is 0.00673. The fraction of sp³-hybridized carbons (Fsp3) is 0.211. The monoisotopic (exact) mass is 384 g/mol. The molecule has 1 atom stereocenters. The molecule has 3 aromatic carbocycles. The van der Waals surface area contributed by atoms with Gasteiger partial charge < -0.3 is 9.84 Å². The van der Waals surface area contributed by atoms with Crippen molar-refractivity contribution < 1.29 is 36.6 Å². The molecule has 0 bridgehead atoms. The van der Waals surface area contributed by atoms with Crippen LogP contribution < -0.4 is 0 Å². The highest BCUT2D eigenvalue weighted by Crippen LogP contribution is 2.43. The molecule has 1 N–H and O–H groups in total. The van der Waals surface area contributed by atoms with Gasteiger partial charge >= 0.3 is 12.1 Å². The van der Waals surface area contributed by atoms with Gasteiger partial charge in [0.05, 0.1) is 6.61 Å². The fourth-order valence-corrected chi connectivity index (χ4v) is 3.05. The Hall–Kier alpha value is -2.74. The lowest BCUT2D eigenvalue weighted by Crippen LogP contribution is -2.50. The fourth-order valence-electron chi connectivity index (χ4n) is 3.05. The molecule has 0 heterocycles. The number of esters is 1. The molecule has 3 nitrogen and oxygen atoms in total. The van der Waals surface area contributed by atoms with Crippen molar-refractivity contribution in [2.75, 3.05) is 6.61 Å². The molecule has 0 fully saturated rings. The van der Waals surface area contributed by atoms with Crippen LogP contribution in [0.2, 0.25) is 0 Å². The summed E-state index contributed by atoms with van der Waals surface area (Å²) >= 11 is 0. The number of alkyl halides is 3. The van der Waals surface area contributed by atoms with E-state index in [1.807, 2.05) is 0 Å². The van der Waals surface area contributed by atoms with E-state index in [1.54, 1.807) is 0 Å². The van der Waals surface area contributed by atoms with Gasteiger partial charge in [0.25, 0.3) is 5.60 Å². The molecule has 0 spiro atoms. The minimum atomic E-state index is -5.38. The third-order valence-electron chi connectivity index (χ3n) is 4.28. The minimum Gasteiger partial charge on any atom is -0.463 e. The van der Waals surface area contributed by atoms with Gasteiger partial charge in [-0.3, -0.25) is 0 Å². The number of ether oxygens (including phenoxy) is 1. The molecular formula is C19H13F5O3. The van der Waals surface area contributed by atoms with Crippen LogP contribution in [0.4, 0.5) is 22.0 Å². The number of carbonyl (C=O) groups excluding carboxylic acids is 1. The third-order valence-corrected chi connectivity index (χ3v) is 4.28. The van der Waals surface area contributed by atoms with Crippen LogP contribution in [0.5, 0.6) is 0 Å². The summed E-state index contributed by atoms with van der Waals surface area (Å²) in [5.41, 5.74) is -4.71. The van der Waals surface area contributed by atoms with Crippen molar-refractivity contribution >= 4 is 27.5 Å². The van der Waals surface area contributed by atoms with Crippen molar-refractivity contribution in [3.63, 3.8) is 0 Å². The van der Waals surface area contributed by atoms with Crippen LogP contribution in [0.3, 0.4) is 0 Å². The Morgan fingerprint density at radius 2 is 1.67 bits per heavy atom. The van der Waals surface area contributed by atoms with Gasteiger partial charge in [-0.15, -0.1) is 0 Å². The summed E-state index contributed by atoms with van der Waals surface area (Å²) in [5.74, 6) is -3.67. The average molecular weight is 384 g/mol. The van der Waals surface area contributed by atoms with E-state index >= 15 is 0 Å². The van der Waals surface area contributed by atoms with Crippen molar-refractivity contribution in [3.8, 4) is 0 Å². The molecule has 142 valence electrons. The molecule has 27 heavy (non-hydrogen) atoms. The second-order valence-electron chi connectivity index (χ2n) is 5.88. The maximum atomic E-state index is 14.0. The summed E-state index contributed by atoms with van der Waals surface area (Å²) in [5, 5.41) is 10.2. The SMILES string of the molecule is CCOC(=O)C(O)(c1cccc2c1ccc1c(F)cc(F)cc12)C(F)(F)F. The Morgan fingerprint density at radius 3 is 2.30 bits per heavy atom. The highest BCUT2D eigenvalue weighted by atomic mass is 19.4. The predicted octanol–water partition coefficient (Wildman–Crippen LogP) is 4.58. The Balaban J connectivity index is 2.41. The van der Waals surface area contributed by atoms with Crippen molar-refractivity contribution in [3.05, 3.63) is 59.7 Å². The van der Waals surface area contributed by atoms with Gasteiger partial charge in [-0.25, -0.2) is 13.6 Å². The van der Waals surface area contributed by atoms with Gasteiger partial charge in [0.15, 0.2) is 0 Å². The zero-order valence-electron chi connectivity index (χ0n) is 13.9. The number of hydrogen-bond donors (Lipinski definition) is 1. The molecule has 8 heteroatoms. The maximum Gasteiger partial charge on any atom is 0.432 e. The van der Waals surface area contributed by atoms with Crippen LogP contribution in [0.1, 0.15) is 12.5 Å². The van der Waals surface area contributed by atoms with E-state index in [0.29, 0.717) is 6.07 Å². The Bertz CT molecular complexity index is 1040. The Labute approximate surface area is 150 Å². The van der Waals surface area contributed by atoms with E-state index in [0.717, 1.165) is 30.3 Å².